The summed E-state index contributed by atoms with van der Waals surface area (Å²) in [5.41, 5.74) is 1.12. The minimum Gasteiger partial charge on any atom is -0.481 e. The molecule has 0 unspecified atom stereocenters. The molecular weight excluding hydrogens is 318 g/mol. The van der Waals surface area contributed by atoms with E-state index in [4.69, 9.17) is 15.9 Å². The van der Waals surface area contributed by atoms with Crippen molar-refractivity contribution >= 4 is 15.9 Å². The molecule has 110 valence electrons. The topological polar surface area (TPSA) is 30.5 Å². The highest BCUT2D eigenvalue weighted by Gasteiger charge is 2.04. The summed E-state index contributed by atoms with van der Waals surface area (Å²) in [6.07, 6.45) is 8.67. The second kappa shape index (κ2) is 10.7. The van der Waals surface area contributed by atoms with Crippen molar-refractivity contribution in [2.45, 2.75) is 25.8 Å². The summed E-state index contributed by atoms with van der Waals surface area (Å²) in [5, 5.41) is 3.43. The normalized spacial score (nSPS) is 10.2. The van der Waals surface area contributed by atoms with E-state index >= 15 is 0 Å². The number of hydrogen-bond acceptors (Lipinski definition) is 3. The molecule has 1 rings (SSSR count). The summed E-state index contributed by atoms with van der Waals surface area (Å²) in [7, 11) is 1.74. The maximum Gasteiger partial charge on any atom is 0.148 e. The Morgan fingerprint density at radius 3 is 2.90 bits per heavy atom. The molecule has 0 aliphatic rings. The highest BCUT2D eigenvalue weighted by molar-refractivity contribution is 9.10. The van der Waals surface area contributed by atoms with Crippen LogP contribution in [0.1, 0.15) is 24.8 Å². The standard InChI is InChI=1S/C16H22BrNO2/c1-3-10-20-16-8-7-15(17)12-14(16)13-18-9-5-4-6-11-19-2/h1,7-8,12,18H,4-6,9-11,13H2,2H3. The largest absolute Gasteiger partial charge is 0.481 e. The quantitative estimate of drug-likeness (QED) is 0.523. The minimum absolute atomic E-state index is 0.297. The number of halogens is 1. The van der Waals surface area contributed by atoms with Crippen LogP contribution in [0.3, 0.4) is 0 Å². The van der Waals surface area contributed by atoms with E-state index < -0.39 is 0 Å². The van der Waals surface area contributed by atoms with Crippen LogP contribution in [-0.4, -0.2) is 26.9 Å². The van der Waals surface area contributed by atoms with Gasteiger partial charge in [0.2, 0.25) is 0 Å². The van der Waals surface area contributed by atoms with Crippen LogP contribution in [0.5, 0.6) is 5.75 Å². The van der Waals surface area contributed by atoms with Crippen molar-refractivity contribution in [2.24, 2.45) is 0 Å². The number of terminal acetylenes is 1. The van der Waals surface area contributed by atoms with Crippen LogP contribution >= 0.6 is 15.9 Å². The Kier molecular flexibility index (Phi) is 9.14. The predicted octanol–water partition coefficient (Wildman–Crippen LogP) is 3.37. The van der Waals surface area contributed by atoms with Crippen LogP contribution in [0.2, 0.25) is 0 Å². The molecule has 0 atom stereocenters. The SMILES string of the molecule is C#CCOc1ccc(Br)cc1CNCCCCCOC. The maximum absolute atomic E-state index is 5.54. The Morgan fingerprint density at radius 1 is 1.30 bits per heavy atom. The summed E-state index contributed by atoms with van der Waals surface area (Å²) in [6.45, 7) is 2.91. The minimum atomic E-state index is 0.297. The highest BCUT2D eigenvalue weighted by Crippen LogP contribution is 2.23. The summed E-state index contributed by atoms with van der Waals surface area (Å²) in [6, 6.07) is 5.96. The van der Waals surface area contributed by atoms with E-state index in [0.717, 1.165) is 48.3 Å². The number of nitrogens with one attached hydrogen (secondary N) is 1. The van der Waals surface area contributed by atoms with Gasteiger partial charge in [-0.15, -0.1) is 6.42 Å². The van der Waals surface area contributed by atoms with Gasteiger partial charge in [-0.05, 0) is 44.0 Å². The molecule has 1 aromatic carbocycles. The molecule has 0 radical (unpaired) electrons. The van der Waals surface area contributed by atoms with E-state index in [9.17, 15) is 0 Å². The molecule has 4 heteroatoms. The monoisotopic (exact) mass is 339 g/mol. The van der Waals surface area contributed by atoms with Gasteiger partial charge in [0.1, 0.15) is 12.4 Å². The molecular formula is C16H22BrNO2. The highest BCUT2D eigenvalue weighted by atomic mass is 79.9. The third-order valence-electron chi connectivity index (χ3n) is 2.85. The first-order valence-corrected chi connectivity index (χ1v) is 7.61. The number of unbranched alkanes of at least 4 members (excludes halogenated alkanes) is 2. The Balaban J connectivity index is 2.34. The lowest BCUT2D eigenvalue weighted by atomic mass is 10.2. The van der Waals surface area contributed by atoms with Gasteiger partial charge in [-0.3, -0.25) is 0 Å². The summed E-state index contributed by atoms with van der Waals surface area (Å²) in [4.78, 5) is 0. The molecule has 0 saturated heterocycles. The van der Waals surface area contributed by atoms with Crippen molar-refractivity contribution in [3.8, 4) is 18.1 Å². The first-order valence-electron chi connectivity index (χ1n) is 6.82. The smallest absolute Gasteiger partial charge is 0.148 e. The van der Waals surface area contributed by atoms with Crippen LogP contribution < -0.4 is 10.1 Å². The van der Waals surface area contributed by atoms with Crippen molar-refractivity contribution in [3.05, 3.63) is 28.2 Å². The van der Waals surface area contributed by atoms with E-state index in [1.807, 2.05) is 12.1 Å². The molecule has 1 N–H and O–H groups in total. The van der Waals surface area contributed by atoms with Gasteiger partial charge in [-0.1, -0.05) is 21.9 Å². The molecule has 0 spiro atoms. The van der Waals surface area contributed by atoms with Gasteiger partial charge in [0.25, 0.3) is 0 Å². The van der Waals surface area contributed by atoms with Gasteiger partial charge in [0.05, 0.1) is 0 Å². The molecule has 1 aromatic rings. The maximum atomic E-state index is 5.54. The molecule has 0 aliphatic heterocycles. The van der Waals surface area contributed by atoms with Gasteiger partial charge < -0.3 is 14.8 Å². The zero-order valence-corrected chi connectivity index (χ0v) is 13.5. The van der Waals surface area contributed by atoms with Gasteiger partial charge in [0.15, 0.2) is 0 Å². The average molecular weight is 340 g/mol. The third kappa shape index (κ3) is 6.95. The molecule has 0 aromatic heterocycles. The average Bonchev–Trinajstić information content (AvgIpc) is 2.45. The molecule has 3 nitrogen and oxygen atoms in total. The molecule has 0 bridgehead atoms. The van der Waals surface area contributed by atoms with E-state index in [1.165, 1.54) is 6.42 Å². The Hall–Kier alpha value is -1.02. The van der Waals surface area contributed by atoms with Crippen molar-refractivity contribution in [1.82, 2.24) is 5.32 Å². The fourth-order valence-corrected chi connectivity index (χ4v) is 2.25. The fraction of sp³-hybridized carbons (Fsp3) is 0.500. The molecule has 0 saturated carbocycles. The Labute approximate surface area is 130 Å². The summed E-state index contributed by atoms with van der Waals surface area (Å²) in [5.74, 6) is 3.33. The van der Waals surface area contributed by atoms with Crippen LogP contribution in [-0.2, 0) is 11.3 Å². The van der Waals surface area contributed by atoms with Crippen LogP contribution in [0.15, 0.2) is 22.7 Å². The third-order valence-corrected chi connectivity index (χ3v) is 3.34. The number of hydrogen-bond donors (Lipinski definition) is 1. The predicted molar refractivity (Wildman–Crippen MR) is 85.9 cm³/mol. The Bertz CT molecular complexity index is 429. The number of ether oxygens (including phenoxy) is 2. The number of benzene rings is 1. The van der Waals surface area contributed by atoms with E-state index in [0.29, 0.717) is 6.61 Å². The van der Waals surface area contributed by atoms with E-state index in [-0.39, 0.29) is 0 Å². The molecule has 20 heavy (non-hydrogen) atoms. The van der Waals surface area contributed by atoms with Gasteiger partial charge in [0, 0.05) is 30.3 Å². The van der Waals surface area contributed by atoms with E-state index in [1.54, 1.807) is 7.11 Å². The van der Waals surface area contributed by atoms with Crippen molar-refractivity contribution in [3.63, 3.8) is 0 Å². The summed E-state index contributed by atoms with van der Waals surface area (Å²) >= 11 is 3.48. The molecule has 0 fully saturated rings. The molecule has 0 amide bonds. The fourth-order valence-electron chi connectivity index (χ4n) is 1.84. The van der Waals surface area contributed by atoms with Gasteiger partial charge in [-0.2, -0.15) is 0 Å². The first-order chi connectivity index (χ1) is 9.77. The molecule has 0 aliphatic carbocycles. The van der Waals surface area contributed by atoms with Gasteiger partial charge >= 0.3 is 0 Å². The number of methoxy groups -OCH3 is 1. The van der Waals surface area contributed by atoms with Crippen molar-refractivity contribution in [2.75, 3.05) is 26.9 Å². The second-order valence-electron chi connectivity index (χ2n) is 4.48. The second-order valence-corrected chi connectivity index (χ2v) is 5.39. The lowest BCUT2D eigenvalue weighted by Gasteiger charge is -2.11. The van der Waals surface area contributed by atoms with Crippen molar-refractivity contribution in [1.29, 1.82) is 0 Å². The zero-order chi connectivity index (χ0) is 14.6. The van der Waals surface area contributed by atoms with Crippen LogP contribution in [0.25, 0.3) is 0 Å². The van der Waals surface area contributed by atoms with Crippen LogP contribution in [0, 0.1) is 12.3 Å². The zero-order valence-electron chi connectivity index (χ0n) is 12.0. The van der Waals surface area contributed by atoms with Crippen LogP contribution in [0.4, 0.5) is 0 Å². The molecule has 0 heterocycles. The van der Waals surface area contributed by atoms with Crippen molar-refractivity contribution < 1.29 is 9.47 Å². The lowest BCUT2D eigenvalue weighted by Crippen LogP contribution is -2.15. The lowest BCUT2D eigenvalue weighted by molar-refractivity contribution is 0.192. The Morgan fingerprint density at radius 2 is 2.15 bits per heavy atom. The van der Waals surface area contributed by atoms with E-state index in [2.05, 4.69) is 33.2 Å². The summed E-state index contributed by atoms with van der Waals surface area (Å²) < 4.78 is 11.6. The number of rotatable bonds is 10. The van der Waals surface area contributed by atoms with Gasteiger partial charge in [-0.25, -0.2) is 0 Å². The first kappa shape index (κ1) is 17.0.